The summed E-state index contributed by atoms with van der Waals surface area (Å²) in [7, 11) is 0. The molecule has 1 saturated heterocycles. The van der Waals surface area contributed by atoms with Crippen LogP contribution in [0, 0.1) is 0 Å². The molecule has 0 aliphatic carbocycles. The Morgan fingerprint density at radius 3 is 3.14 bits per heavy atom. The lowest BCUT2D eigenvalue weighted by molar-refractivity contribution is 0.249. The molecule has 1 atom stereocenters. The quantitative estimate of drug-likeness (QED) is 0.832. The minimum absolute atomic E-state index is 0.106. The van der Waals surface area contributed by atoms with Crippen LogP contribution in [0.25, 0.3) is 0 Å². The molecule has 2 aromatic heterocycles. The molecule has 1 aliphatic rings. The summed E-state index contributed by atoms with van der Waals surface area (Å²) in [6.45, 7) is 1.65. The van der Waals surface area contributed by atoms with Crippen LogP contribution in [-0.2, 0) is 0 Å². The minimum Gasteiger partial charge on any atom is -0.354 e. The number of pyridine rings is 1. The van der Waals surface area contributed by atoms with Crippen LogP contribution in [0.3, 0.4) is 0 Å². The molecule has 0 radical (unpaired) electrons. The van der Waals surface area contributed by atoms with Gasteiger partial charge in [0.2, 0.25) is 10.3 Å². The van der Waals surface area contributed by atoms with Gasteiger partial charge in [-0.1, -0.05) is 17.8 Å². The topological polar surface area (TPSA) is 83.0 Å². The Balaban J connectivity index is 1.50. The molecule has 3 heterocycles. The molecule has 7 nitrogen and oxygen atoms in total. The van der Waals surface area contributed by atoms with E-state index >= 15 is 0 Å². The molecule has 1 unspecified atom stereocenters. The van der Waals surface area contributed by atoms with E-state index in [9.17, 15) is 4.79 Å². The first-order chi connectivity index (χ1) is 10.7. The van der Waals surface area contributed by atoms with E-state index in [4.69, 9.17) is 0 Å². The molecule has 0 saturated carbocycles. The van der Waals surface area contributed by atoms with Gasteiger partial charge in [0.1, 0.15) is 5.82 Å². The van der Waals surface area contributed by atoms with E-state index in [2.05, 4.69) is 29.9 Å². The molecule has 9 heteroatoms. The monoisotopic (exact) mass is 336 g/mol. The first kappa shape index (κ1) is 15.0. The van der Waals surface area contributed by atoms with Gasteiger partial charge < -0.3 is 10.2 Å². The molecular weight excluding hydrogens is 320 g/mol. The molecular formula is C13H16N6OS2. The van der Waals surface area contributed by atoms with E-state index in [-0.39, 0.29) is 12.1 Å². The maximum Gasteiger partial charge on any atom is 0.321 e. The largest absolute Gasteiger partial charge is 0.354 e. The second kappa shape index (κ2) is 6.93. The molecule has 3 rings (SSSR count). The highest BCUT2D eigenvalue weighted by atomic mass is 32.2. The van der Waals surface area contributed by atoms with E-state index < -0.39 is 0 Å². The molecule has 0 aromatic carbocycles. The van der Waals surface area contributed by atoms with Crippen molar-refractivity contribution in [2.45, 2.75) is 17.6 Å². The van der Waals surface area contributed by atoms with E-state index in [1.807, 2.05) is 24.5 Å². The summed E-state index contributed by atoms with van der Waals surface area (Å²) in [5.74, 6) is 0.945. The number of amides is 2. The average molecular weight is 336 g/mol. The van der Waals surface area contributed by atoms with Crippen LogP contribution in [0.5, 0.6) is 0 Å². The van der Waals surface area contributed by atoms with Crippen LogP contribution in [0.1, 0.15) is 6.42 Å². The normalized spacial score (nSPS) is 17.5. The summed E-state index contributed by atoms with van der Waals surface area (Å²) in [4.78, 5) is 22.7. The smallest absolute Gasteiger partial charge is 0.321 e. The number of hydrogen-bond acceptors (Lipinski definition) is 7. The average Bonchev–Trinajstić information content (AvgIpc) is 3.17. The van der Waals surface area contributed by atoms with E-state index in [0.717, 1.165) is 25.3 Å². The van der Waals surface area contributed by atoms with E-state index in [1.54, 1.807) is 6.20 Å². The zero-order valence-corrected chi connectivity index (χ0v) is 13.7. The number of nitrogens with one attached hydrogen (secondary N) is 2. The van der Waals surface area contributed by atoms with Gasteiger partial charge in [0, 0.05) is 36.9 Å². The van der Waals surface area contributed by atoms with Crippen molar-refractivity contribution in [3.05, 3.63) is 24.4 Å². The Hall–Kier alpha value is -1.87. The zero-order chi connectivity index (χ0) is 15.4. The first-order valence-electron chi connectivity index (χ1n) is 6.86. The Morgan fingerprint density at radius 1 is 1.50 bits per heavy atom. The number of rotatable bonds is 4. The van der Waals surface area contributed by atoms with Crippen molar-refractivity contribution >= 4 is 40.3 Å². The first-order valence-corrected chi connectivity index (χ1v) is 8.85. The summed E-state index contributed by atoms with van der Waals surface area (Å²) in [6, 6.07) is 5.71. The van der Waals surface area contributed by atoms with Crippen molar-refractivity contribution in [2.75, 3.05) is 29.6 Å². The molecule has 0 bridgehead atoms. The Morgan fingerprint density at radius 2 is 2.41 bits per heavy atom. The second-order valence-corrected chi connectivity index (χ2v) is 6.33. The third-order valence-electron chi connectivity index (χ3n) is 3.31. The maximum absolute atomic E-state index is 12.0. The van der Waals surface area contributed by atoms with Crippen molar-refractivity contribution in [2.24, 2.45) is 0 Å². The Labute approximate surface area is 136 Å². The fraction of sp³-hybridized carbons (Fsp3) is 0.385. The van der Waals surface area contributed by atoms with Gasteiger partial charge in [0.15, 0.2) is 0 Å². The van der Waals surface area contributed by atoms with Gasteiger partial charge in [-0.15, -0.1) is 0 Å². The van der Waals surface area contributed by atoms with Crippen molar-refractivity contribution in [1.29, 1.82) is 0 Å². The SMILES string of the molecule is CSc1nsc(NC(=O)NC2CCN(c3ccccn3)C2)n1. The van der Waals surface area contributed by atoms with E-state index in [0.29, 0.717) is 10.3 Å². The lowest BCUT2D eigenvalue weighted by atomic mass is 10.3. The lowest BCUT2D eigenvalue weighted by Crippen LogP contribution is -2.39. The number of urea groups is 1. The van der Waals surface area contributed by atoms with Gasteiger partial charge in [-0.2, -0.15) is 9.36 Å². The zero-order valence-electron chi connectivity index (χ0n) is 12.0. The number of nitrogens with zero attached hydrogens (tertiary/aromatic N) is 4. The second-order valence-electron chi connectivity index (χ2n) is 4.80. The third-order valence-corrected chi connectivity index (χ3v) is 4.60. The van der Waals surface area contributed by atoms with Crippen molar-refractivity contribution in [1.82, 2.24) is 19.7 Å². The van der Waals surface area contributed by atoms with Gasteiger partial charge >= 0.3 is 6.03 Å². The Bertz CT molecular complexity index is 634. The van der Waals surface area contributed by atoms with Gasteiger partial charge in [0.25, 0.3) is 0 Å². The van der Waals surface area contributed by atoms with Crippen LogP contribution in [-0.4, -0.2) is 45.8 Å². The molecule has 22 heavy (non-hydrogen) atoms. The molecule has 1 aliphatic heterocycles. The number of carbonyl (C=O) groups excluding carboxylic acids is 1. The number of carbonyl (C=O) groups is 1. The Kier molecular flexibility index (Phi) is 4.74. The summed E-state index contributed by atoms with van der Waals surface area (Å²) in [6.07, 6.45) is 4.58. The van der Waals surface area contributed by atoms with Gasteiger partial charge in [-0.3, -0.25) is 5.32 Å². The van der Waals surface area contributed by atoms with Crippen molar-refractivity contribution in [3.63, 3.8) is 0 Å². The highest BCUT2D eigenvalue weighted by Gasteiger charge is 2.24. The summed E-state index contributed by atoms with van der Waals surface area (Å²) < 4.78 is 4.11. The summed E-state index contributed by atoms with van der Waals surface area (Å²) >= 11 is 2.63. The van der Waals surface area contributed by atoms with Crippen LogP contribution in [0.4, 0.5) is 15.7 Å². The number of aromatic nitrogens is 3. The van der Waals surface area contributed by atoms with Crippen LogP contribution in [0.15, 0.2) is 29.6 Å². The summed E-state index contributed by atoms with van der Waals surface area (Å²) in [5, 5.41) is 6.88. The highest BCUT2D eigenvalue weighted by molar-refractivity contribution is 7.98. The van der Waals surface area contributed by atoms with Crippen molar-refractivity contribution < 1.29 is 4.79 Å². The number of anilines is 2. The predicted molar refractivity (Wildman–Crippen MR) is 88.7 cm³/mol. The van der Waals surface area contributed by atoms with Gasteiger partial charge in [-0.05, 0) is 24.8 Å². The molecule has 2 N–H and O–H groups in total. The minimum atomic E-state index is -0.239. The number of hydrogen-bond donors (Lipinski definition) is 2. The molecule has 1 fully saturated rings. The molecule has 116 valence electrons. The molecule has 2 amide bonds. The third kappa shape index (κ3) is 3.66. The summed E-state index contributed by atoms with van der Waals surface area (Å²) in [5.41, 5.74) is 0. The van der Waals surface area contributed by atoms with Crippen LogP contribution >= 0.6 is 23.3 Å². The van der Waals surface area contributed by atoms with Crippen molar-refractivity contribution in [3.8, 4) is 0 Å². The van der Waals surface area contributed by atoms with Crippen LogP contribution in [0.2, 0.25) is 0 Å². The molecule has 2 aromatic rings. The fourth-order valence-electron chi connectivity index (χ4n) is 2.29. The van der Waals surface area contributed by atoms with Gasteiger partial charge in [0.05, 0.1) is 0 Å². The highest BCUT2D eigenvalue weighted by Crippen LogP contribution is 2.19. The van der Waals surface area contributed by atoms with E-state index in [1.165, 1.54) is 23.3 Å². The maximum atomic E-state index is 12.0. The number of thioether (sulfide) groups is 1. The predicted octanol–water partition coefficient (Wildman–Crippen LogP) is 2.06. The molecule has 0 spiro atoms. The standard InChI is InChI=1S/C13H16N6OS2/c1-21-13-17-12(22-18-13)16-11(20)15-9-5-7-19(8-9)10-4-2-3-6-14-10/h2-4,6,9H,5,7-8H2,1H3,(H2,15,16,17,18,20). The van der Waals surface area contributed by atoms with Crippen LogP contribution < -0.4 is 15.5 Å². The lowest BCUT2D eigenvalue weighted by Gasteiger charge is -2.17. The fourth-order valence-corrected chi connectivity index (χ4v) is 3.41. The van der Waals surface area contributed by atoms with Gasteiger partial charge in [-0.25, -0.2) is 9.78 Å².